The number of urea groups is 1. The highest BCUT2D eigenvalue weighted by Crippen LogP contribution is 2.42. The van der Waals surface area contributed by atoms with Crippen LogP contribution in [0.2, 0.25) is 0 Å². The number of carbonyl (C=O) groups is 1. The van der Waals surface area contributed by atoms with Gasteiger partial charge in [-0.25, -0.2) is 9.18 Å². The predicted molar refractivity (Wildman–Crippen MR) is 121 cm³/mol. The topological polar surface area (TPSA) is 55.8 Å². The van der Waals surface area contributed by atoms with Crippen LogP contribution in [0.1, 0.15) is 36.8 Å². The average Bonchev–Trinajstić information content (AvgIpc) is 2.75. The van der Waals surface area contributed by atoms with Gasteiger partial charge in [-0.1, -0.05) is 36.4 Å². The lowest BCUT2D eigenvalue weighted by atomic mass is 9.74. The number of carbonyl (C=O) groups excluding carboxylic acids is 1. The molecule has 3 atom stereocenters. The van der Waals surface area contributed by atoms with Gasteiger partial charge in [0.05, 0.1) is 6.61 Å². The van der Waals surface area contributed by atoms with Crippen LogP contribution in [0.15, 0.2) is 54.6 Å². The summed E-state index contributed by atoms with van der Waals surface area (Å²) >= 11 is 0. The minimum atomic E-state index is -0.326. The van der Waals surface area contributed by atoms with Crippen molar-refractivity contribution < 1.29 is 14.3 Å². The van der Waals surface area contributed by atoms with Crippen molar-refractivity contribution in [1.29, 1.82) is 0 Å². The van der Waals surface area contributed by atoms with Gasteiger partial charge in [0.1, 0.15) is 5.82 Å². The maximum atomic E-state index is 13.2. The van der Waals surface area contributed by atoms with Gasteiger partial charge in [-0.05, 0) is 61.7 Å². The molecule has 2 aliphatic heterocycles. The second-order valence-electron chi connectivity index (χ2n) is 8.34. The molecule has 2 amide bonds. The first kappa shape index (κ1) is 21.5. The van der Waals surface area contributed by atoms with E-state index in [-0.39, 0.29) is 36.5 Å². The van der Waals surface area contributed by atoms with E-state index in [2.05, 4.69) is 40.6 Å². The quantitative estimate of drug-likeness (QED) is 0.770. The van der Waals surface area contributed by atoms with E-state index < -0.39 is 0 Å². The molecule has 0 unspecified atom stereocenters. The molecule has 164 valence electrons. The van der Waals surface area contributed by atoms with E-state index in [1.54, 1.807) is 12.1 Å². The second-order valence-corrected chi connectivity index (χ2v) is 8.34. The summed E-state index contributed by atoms with van der Waals surface area (Å²) < 4.78 is 13.2. The average molecular weight is 424 g/mol. The van der Waals surface area contributed by atoms with Crippen LogP contribution in [-0.2, 0) is 0 Å². The molecule has 2 aromatic rings. The van der Waals surface area contributed by atoms with Crippen molar-refractivity contribution in [3.63, 3.8) is 0 Å². The Morgan fingerprint density at radius 1 is 1.13 bits per heavy atom. The van der Waals surface area contributed by atoms with Gasteiger partial charge in [-0.15, -0.1) is 0 Å². The molecule has 2 saturated heterocycles. The third-order valence-electron chi connectivity index (χ3n) is 6.43. The number of anilines is 1. The molecule has 2 fully saturated rings. The van der Waals surface area contributed by atoms with Crippen LogP contribution >= 0.6 is 0 Å². The Kier molecular flexibility index (Phi) is 6.68. The highest BCUT2D eigenvalue weighted by atomic mass is 19.1. The molecule has 0 bridgehead atoms. The smallest absolute Gasteiger partial charge is 0.321 e. The van der Waals surface area contributed by atoms with Gasteiger partial charge in [0.2, 0.25) is 0 Å². The summed E-state index contributed by atoms with van der Waals surface area (Å²) in [5.74, 6) is -0.142. The number of hydrogen-bond donors (Lipinski definition) is 2. The van der Waals surface area contributed by atoms with Gasteiger partial charge >= 0.3 is 6.03 Å². The van der Waals surface area contributed by atoms with Crippen LogP contribution in [0, 0.1) is 5.82 Å². The van der Waals surface area contributed by atoms with Crippen molar-refractivity contribution in [2.75, 3.05) is 31.6 Å². The first-order valence-electron chi connectivity index (χ1n) is 11.0. The van der Waals surface area contributed by atoms with Crippen molar-refractivity contribution in [2.24, 2.45) is 0 Å². The molecule has 2 aliphatic rings. The van der Waals surface area contributed by atoms with E-state index in [0.717, 1.165) is 24.9 Å². The summed E-state index contributed by atoms with van der Waals surface area (Å²) in [6, 6.07) is 14.4. The lowest BCUT2D eigenvalue weighted by Crippen LogP contribution is -2.68. The molecule has 2 N–H and O–H groups in total. The van der Waals surface area contributed by atoms with Crippen molar-refractivity contribution in [1.82, 2.24) is 9.80 Å². The number of allylic oxidation sites excluding steroid dienone is 1. The zero-order valence-corrected chi connectivity index (χ0v) is 17.9. The maximum Gasteiger partial charge on any atom is 0.321 e. The lowest BCUT2D eigenvalue weighted by molar-refractivity contribution is -0.0585. The van der Waals surface area contributed by atoms with Crippen LogP contribution in [-0.4, -0.2) is 59.3 Å². The molecule has 0 spiro atoms. The van der Waals surface area contributed by atoms with Crippen LogP contribution in [0.4, 0.5) is 14.9 Å². The van der Waals surface area contributed by atoms with Gasteiger partial charge in [-0.2, -0.15) is 0 Å². The van der Waals surface area contributed by atoms with Crippen LogP contribution in [0.5, 0.6) is 0 Å². The Labute approximate surface area is 183 Å². The van der Waals surface area contributed by atoms with E-state index in [1.165, 1.54) is 17.7 Å². The summed E-state index contributed by atoms with van der Waals surface area (Å²) in [6.07, 6.45) is 5.99. The zero-order valence-electron chi connectivity index (χ0n) is 17.9. The molecule has 4 rings (SSSR count). The van der Waals surface area contributed by atoms with Gasteiger partial charge in [-0.3, -0.25) is 4.90 Å². The number of nitrogens with one attached hydrogen (secondary N) is 1. The third-order valence-corrected chi connectivity index (χ3v) is 6.43. The fourth-order valence-electron chi connectivity index (χ4n) is 4.88. The Bertz CT molecular complexity index is 913. The molecular formula is C25H30FN3O2. The molecule has 2 heterocycles. The first-order valence-corrected chi connectivity index (χ1v) is 11.0. The lowest BCUT2D eigenvalue weighted by Gasteiger charge is -2.57. The van der Waals surface area contributed by atoms with Gasteiger partial charge in [0.25, 0.3) is 0 Å². The molecule has 5 nitrogen and oxygen atoms in total. The first-order chi connectivity index (χ1) is 15.1. The Morgan fingerprint density at radius 3 is 2.52 bits per heavy atom. The van der Waals surface area contributed by atoms with Crippen LogP contribution in [0.3, 0.4) is 0 Å². The summed E-state index contributed by atoms with van der Waals surface area (Å²) in [6.45, 7) is 4.34. The number of fused-ring (bicyclic) bond motifs is 1. The Balaban J connectivity index is 1.51. The fraction of sp³-hybridized carbons (Fsp3) is 0.400. The zero-order chi connectivity index (χ0) is 21.8. The number of nitrogens with zero attached hydrogens (tertiary/aromatic N) is 2. The van der Waals surface area contributed by atoms with E-state index in [9.17, 15) is 14.3 Å². The van der Waals surface area contributed by atoms with E-state index in [4.69, 9.17) is 0 Å². The maximum absolute atomic E-state index is 13.2. The monoisotopic (exact) mass is 423 g/mol. The van der Waals surface area contributed by atoms with Gasteiger partial charge in [0.15, 0.2) is 0 Å². The number of halogens is 1. The highest BCUT2D eigenvalue weighted by molar-refractivity contribution is 5.89. The van der Waals surface area contributed by atoms with E-state index >= 15 is 0 Å². The summed E-state index contributed by atoms with van der Waals surface area (Å²) in [7, 11) is 0. The number of hydrogen-bond acceptors (Lipinski definition) is 3. The molecule has 0 aliphatic carbocycles. The van der Waals surface area contributed by atoms with E-state index in [0.29, 0.717) is 18.8 Å². The number of aliphatic hydroxyl groups excluding tert-OH is 1. The van der Waals surface area contributed by atoms with Crippen molar-refractivity contribution in [2.45, 2.75) is 37.8 Å². The number of amides is 2. The standard InChI is InChI=1S/C25H30FN3O2/c1-2-5-18-6-8-19(9-7-18)24-22-16-28(14-3-4-15-29(22)23(24)17-30)25(31)27-21-12-10-20(26)11-13-21/h2,5-13,22-24,30H,3-4,14-17H2,1H3,(H,27,31)/b5-2+/t22-,23-,24-/m1/s1. The largest absolute Gasteiger partial charge is 0.395 e. The molecule has 31 heavy (non-hydrogen) atoms. The molecule has 0 radical (unpaired) electrons. The third kappa shape index (κ3) is 4.65. The van der Waals surface area contributed by atoms with Gasteiger partial charge < -0.3 is 15.3 Å². The minimum Gasteiger partial charge on any atom is -0.395 e. The normalized spacial score (nSPS) is 24.2. The summed E-state index contributed by atoms with van der Waals surface area (Å²) in [5, 5.41) is 13.0. The highest BCUT2D eigenvalue weighted by Gasteiger charge is 2.49. The molecule has 6 heteroatoms. The number of aliphatic hydroxyl groups is 1. The fourth-order valence-corrected chi connectivity index (χ4v) is 4.88. The predicted octanol–water partition coefficient (Wildman–Crippen LogP) is 4.32. The molecular weight excluding hydrogens is 393 g/mol. The second kappa shape index (κ2) is 9.62. The SMILES string of the molecule is C/C=C/c1ccc([C@H]2[C@@H](CO)N3CCCCN(C(=O)Nc4ccc(F)cc4)C[C@H]23)cc1. The van der Waals surface area contributed by atoms with Gasteiger partial charge in [0, 0.05) is 36.8 Å². The molecule has 0 aromatic heterocycles. The van der Waals surface area contributed by atoms with Crippen LogP contribution in [0.25, 0.3) is 6.08 Å². The Hall–Kier alpha value is -2.70. The van der Waals surface area contributed by atoms with Crippen LogP contribution < -0.4 is 5.32 Å². The Morgan fingerprint density at radius 2 is 1.84 bits per heavy atom. The number of rotatable bonds is 4. The molecule has 0 saturated carbocycles. The summed E-state index contributed by atoms with van der Waals surface area (Å²) in [4.78, 5) is 17.2. The minimum absolute atomic E-state index is 0.0812. The van der Waals surface area contributed by atoms with Crippen molar-refractivity contribution in [3.8, 4) is 0 Å². The number of benzene rings is 2. The van der Waals surface area contributed by atoms with Crippen molar-refractivity contribution in [3.05, 3.63) is 71.6 Å². The molecule has 2 aromatic carbocycles. The van der Waals surface area contributed by atoms with Crippen molar-refractivity contribution >= 4 is 17.8 Å². The summed E-state index contributed by atoms with van der Waals surface area (Å²) in [5.41, 5.74) is 2.94. The van der Waals surface area contributed by atoms with E-state index in [1.807, 2.05) is 17.9 Å².